The van der Waals surface area contributed by atoms with Gasteiger partial charge in [0.25, 0.3) is 0 Å². The van der Waals surface area contributed by atoms with Crippen LogP contribution in [0.15, 0.2) is 24.3 Å². The largest absolute Gasteiger partial charge is 0.480 e. The van der Waals surface area contributed by atoms with Crippen molar-refractivity contribution in [3.05, 3.63) is 35.4 Å². The number of carboxylic acid groups (broad SMARTS) is 1. The minimum atomic E-state index is -0.972. The summed E-state index contributed by atoms with van der Waals surface area (Å²) in [6.45, 7) is -0.234. The molecule has 1 aromatic carbocycles. The summed E-state index contributed by atoms with van der Waals surface area (Å²) < 4.78 is 0. The van der Waals surface area contributed by atoms with Crippen LogP contribution in [0.5, 0.6) is 0 Å². The first-order chi connectivity index (χ1) is 8.22. The van der Waals surface area contributed by atoms with Crippen LogP contribution in [0.1, 0.15) is 30.0 Å². The molecule has 0 aromatic heterocycles. The van der Waals surface area contributed by atoms with E-state index in [2.05, 4.69) is 0 Å². The lowest BCUT2D eigenvalue weighted by molar-refractivity contribution is -0.142. The molecule has 1 aliphatic rings. The van der Waals surface area contributed by atoms with Crippen molar-refractivity contribution in [3.8, 4) is 0 Å². The molecule has 1 aliphatic carbocycles. The van der Waals surface area contributed by atoms with Crippen LogP contribution in [0.3, 0.4) is 0 Å². The highest BCUT2D eigenvalue weighted by Gasteiger charge is 2.25. The predicted octanol–water partition coefficient (Wildman–Crippen LogP) is 1.61. The number of hydrogen-bond acceptors (Lipinski definition) is 2. The summed E-state index contributed by atoms with van der Waals surface area (Å²) in [6.07, 6.45) is 3.47. The molecule has 0 radical (unpaired) electrons. The number of nitrogens with zero attached hydrogens (tertiary/aromatic N) is 1. The van der Waals surface area contributed by atoms with Crippen molar-refractivity contribution in [1.29, 1.82) is 0 Å². The fourth-order valence-electron chi connectivity index (χ4n) is 2.45. The Bertz CT molecular complexity index is 430. The van der Waals surface area contributed by atoms with E-state index in [-0.39, 0.29) is 12.6 Å². The highest BCUT2D eigenvalue weighted by Crippen LogP contribution is 2.33. The summed E-state index contributed by atoms with van der Waals surface area (Å²) in [7, 11) is 0. The normalized spacial score (nSPS) is 18.2. The van der Waals surface area contributed by atoms with Gasteiger partial charge in [-0.25, -0.2) is 0 Å². The Hall–Kier alpha value is -1.84. The monoisotopic (exact) mass is 233 g/mol. The fourth-order valence-corrected chi connectivity index (χ4v) is 2.45. The standard InChI is InChI=1S/C13H15NO3/c15-9-14(8-13(16)17)12-7-3-5-10-4-1-2-6-11(10)12/h1-2,4,6,9,12H,3,5,7-8H2,(H,16,17)/t12-/m1/s1. The maximum absolute atomic E-state index is 11.0. The van der Waals surface area contributed by atoms with Gasteiger partial charge in [0.2, 0.25) is 6.41 Å². The average molecular weight is 233 g/mol. The molecule has 0 heterocycles. The van der Waals surface area contributed by atoms with E-state index in [0.717, 1.165) is 24.8 Å². The van der Waals surface area contributed by atoms with Crippen LogP contribution in [0.2, 0.25) is 0 Å². The second kappa shape index (κ2) is 4.99. The predicted molar refractivity (Wildman–Crippen MR) is 62.5 cm³/mol. The summed E-state index contributed by atoms with van der Waals surface area (Å²) in [4.78, 5) is 23.1. The van der Waals surface area contributed by atoms with Crippen LogP contribution >= 0.6 is 0 Å². The van der Waals surface area contributed by atoms with Crippen LogP contribution in [0.25, 0.3) is 0 Å². The summed E-state index contributed by atoms with van der Waals surface area (Å²) in [5.41, 5.74) is 2.31. The minimum Gasteiger partial charge on any atom is -0.480 e. The van der Waals surface area contributed by atoms with Crippen molar-refractivity contribution < 1.29 is 14.7 Å². The zero-order valence-electron chi connectivity index (χ0n) is 9.50. The summed E-state index contributed by atoms with van der Waals surface area (Å²) in [5, 5.41) is 8.79. The number of rotatable bonds is 4. The molecule has 1 aromatic rings. The van der Waals surface area contributed by atoms with Crippen LogP contribution in [0, 0.1) is 0 Å². The molecule has 0 saturated carbocycles. The Morgan fingerprint density at radius 3 is 2.94 bits per heavy atom. The molecular weight excluding hydrogens is 218 g/mol. The third-order valence-electron chi connectivity index (χ3n) is 3.19. The Morgan fingerprint density at radius 2 is 2.24 bits per heavy atom. The molecule has 2 rings (SSSR count). The van der Waals surface area contributed by atoms with Gasteiger partial charge in [-0.15, -0.1) is 0 Å². The number of carbonyl (C=O) groups is 2. The minimum absolute atomic E-state index is 0.0893. The number of aryl methyl sites for hydroxylation is 1. The van der Waals surface area contributed by atoms with Crippen molar-refractivity contribution in [3.63, 3.8) is 0 Å². The van der Waals surface area contributed by atoms with Gasteiger partial charge in [-0.05, 0) is 30.4 Å². The van der Waals surface area contributed by atoms with E-state index in [1.807, 2.05) is 24.3 Å². The molecule has 4 nitrogen and oxygen atoms in total. The molecule has 4 heteroatoms. The number of aliphatic carboxylic acids is 1. The number of carboxylic acids is 1. The van der Waals surface area contributed by atoms with Crippen LogP contribution in [-0.2, 0) is 16.0 Å². The first-order valence-corrected chi connectivity index (χ1v) is 5.73. The third-order valence-corrected chi connectivity index (χ3v) is 3.19. The lowest BCUT2D eigenvalue weighted by Gasteiger charge is -2.32. The number of benzene rings is 1. The Kier molecular flexibility index (Phi) is 3.42. The van der Waals surface area contributed by atoms with Gasteiger partial charge in [-0.3, -0.25) is 9.59 Å². The molecule has 1 atom stereocenters. The van der Waals surface area contributed by atoms with Crippen molar-refractivity contribution in [2.24, 2.45) is 0 Å². The number of carbonyl (C=O) groups excluding carboxylic acids is 1. The number of fused-ring (bicyclic) bond motifs is 1. The summed E-state index contributed by atoms with van der Waals surface area (Å²) >= 11 is 0. The third kappa shape index (κ3) is 2.46. The van der Waals surface area contributed by atoms with Gasteiger partial charge in [0, 0.05) is 0 Å². The SMILES string of the molecule is O=CN(CC(=O)O)[C@@H]1CCCc2ccccc21. The van der Waals surface area contributed by atoms with Gasteiger partial charge >= 0.3 is 5.97 Å². The molecule has 90 valence electrons. The molecule has 1 amide bonds. The maximum atomic E-state index is 11.0. The molecular formula is C13H15NO3. The molecule has 0 spiro atoms. The molecule has 17 heavy (non-hydrogen) atoms. The maximum Gasteiger partial charge on any atom is 0.323 e. The van der Waals surface area contributed by atoms with Gasteiger partial charge in [0.15, 0.2) is 0 Å². The van der Waals surface area contributed by atoms with E-state index in [4.69, 9.17) is 5.11 Å². The van der Waals surface area contributed by atoms with Crippen LogP contribution in [-0.4, -0.2) is 28.9 Å². The fraction of sp³-hybridized carbons (Fsp3) is 0.385. The van der Waals surface area contributed by atoms with Crippen molar-refractivity contribution in [2.75, 3.05) is 6.54 Å². The van der Waals surface area contributed by atoms with Crippen molar-refractivity contribution in [1.82, 2.24) is 4.90 Å². The van der Waals surface area contributed by atoms with Crippen molar-refractivity contribution in [2.45, 2.75) is 25.3 Å². The lowest BCUT2D eigenvalue weighted by atomic mass is 9.87. The topological polar surface area (TPSA) is 57.6 Å². The zero-order valence-corrected chi connectivity index (χ0v) is 9.50. The molecule has 0 fully saturated rings. The van der Waals surface area contributed by atoms with E-state index in [9.17, 15) is 9.59 Å². The van der Waals surface area contributed by atoms with Gasteiger partial charge in [-0.2, -0.15) is 0 Å². The zero-order chi connectivity index (χ0) is 12.3. The first-order valence-electron chi connectivity index (χ1n) is 5.73. The Balaban J connectivity index is 2.27. The molecule has 0 saturated heterocycles. The molecule has 0 bridgehead atoms. The first kappa shape index (κ1) is 11.6. The van der Waals surface area contributed by atoms with E-state index in [1.165, 1.54) is 10.5 Å². The van der Waals surface area contributed by atoms with Crippen molar-refractivity contribution >= 4 is 12.4 Å². The van der Waals surface area contributed by atoms with Gasteiger partial charge in [0.1, 0.15) is 6.54 Å². The van der Waals surface area contributed by atoms with Gasteiger partial charge in [0.05, 0.1) is 6.04 Å². The highest BCUT2D eigenvalue weighted by molar-refractivity contribution is 5.72. The highest BCUT2D eigenvalue weighted by atomic mass is 16.4. The average Bonchev–Trinajstić information content (AvgIpc) is 2.35. The lowest BCUT2D eigenvalue weighted by Crippen LogP contribution is -2.34. The van der Waals surface area contributed by atoms with Crippen LogP contribution in [0.4, 0.5) is 0 Å². The second-order valence-electron chi connectivity index (χ2n) is 4.28. The molecule has 1 N–H and O–H groups in total. The Labute approximate surface area is 99.9 Å². The summed E-state index contributed by atoms with van der Waals surface area (Å²) in [5.74, 6) is -0.972. The molecule has 0 aliphatic heterocycles. The smallest absolute Gasteiger partial charge is 0.323 e. The van der Waals surface area contributed by atoms with E-state index in [1.54, 1.807) is 0 Å². The van der Waals surface area contributed by atoms with Crippen LogP contribution < -0.4 is 0 Å². The summed E-state index contributed by atoms with van der Waals surface area (Å²) in [6, 6.07) is 7.85. The Morgan fingerprint density at radius 1 is 1.47 bits per heavy atom. The molecule has 0 unspecified atom stereocenters. The van der Waals surface area contributed by atoms with Gasteiger partial charge in [-0.1, -0.05) is 24.3 Å². The van der Waals surface area contributed by atoms with E-state index in [0.29, 0.717) is 6.41 Å². The quantitative estimate of drug-likeness (QED) is 0.804. The van der Waals surface area contributed by atoms with E-state index >= 15 is 0 Å². The number of hydrogen-bond donors (Lipinski definition) is 1. The number of amides is 1. The van der Waals surface area contributed by atoms with E-state index < -0.39 is 5.97 Å². The van der Waals surface area contributed by atoms with Gasteiger partial charge < -0.3 is 10.0 Å². The second-order valence-corrected chi connectivity index (χ2v) is 4.28.